The quantitative estimate of drug-likeness (QED) is 0.0918. The number of carbonyl (C=O) groups excluding carboxylic acids is 2. The van der Waals surface area contributed by atoms with Crippen LogP contribution in [-0.4, -0.2) is 78.9 Å². The van der Waals surface area contributed by atoms with Crippen LogP contribution in [0.2, 0.25) is 10.0 Å². The van der Waals surface area contributed by atoms with E-state index < -0.39 is 22.7 Å². The number of benzene rings is 2. The van der Waals surface area contributed by atoms with Crippen molar-refractivity contribution in [3.05, 3.63) is 92.2 Å². The zero-order valence-electron chi connectivity index (χ0n) is 30.2. The van der Waals surface area contributed by atoms with Gasteiger partial charge in [-0.05, 0) is 72.9 Å². The predicted molar refractivity (Wildman–Crippen MR) is 206 cm³/mol. The number of aliphatic hydroxyl groups is 2. The molecule has 1 aliphatic carbocycles. The number of hydrogen-bond acceptors (Lipinski definition) is 14. The number of esters is 2. The lowest BCUT2D eigenvalue weighted by Gasteiger charge is -2.18. The zero-order chi connectivity index (χ0) is 38.8. The van der Waals surface area contributed by atoms with Crippen molar-refractivity contribution in [2.75, 3.05) is 48.1 Å². The topological polar surface area (TPSA) is 189 Å². The van der Waals surface area contributed by atoms with Crippen LogP contribution in [0.3, 0.4) is 0 Å². The number of ether oxygens (including phenoxy) is 2. The van der Waals surface area contributed by atoms with Crippen molar-refractivity contribution in [2.24, 2.45) is 5.41 Å². The van der Waals surface area contributed by atoms with E-state index in [1.54, 1.807) is 50.4 Å². The van der Waals surface area contributed by atoms with Crippen LogP contribution in [-0.2, 0) is 46.6 Å². The Morgan fingerprint density at radius 2 is 1.35 bits per heavy atom. The number of aliphatic hydroxyl groups excluding tert-OH is 2. The summed E-state index contributed by atoms with van der Waals surface area (Å²) < 4.78 is 21.7. The molecule has 1 atom stereocenters. The molecule has 1 saturated carbocycles. The van der Waals surface area contributed by atoms with E-state index in [0.29, 0.717) is 57.0 Å². The van der Waals surface area contributed by atoms with Crippen LogP contribution < -0.4 is 15.5 Å². The first-order valence-electron chi connectivity index (χ1n) is 17.4. The third-order valence-corrected chi connectivity index (χ3v) is 10.4. The van der Waals surface area contributed by atoms with Gasteiger partial charge in [-0.15, -0.1) is 0 Å². The summed E-state index contributed by atoms with van der Waals surface area (Å²) in [6.45, 7) is 6.40. The summed E-state index contributed by atoms with van der Waals surface area (Å²) in [6, 6.07) is 10.7. The van der Waals surface area contributed by atoms with Gasteiger partial charge in [-0.1, -0.05) is 47.5 Å². The summed E-state index contributed by atoms with van der Waals surface area (Å²) >= 11 is 12.3. The maximum atomic E-state index is 12.4. The Labute approximate surface area is 326 Å². The summed E-state index contributed by atoms with van der Waals surface area (Å²) in [5.74, 6) is 0.314. The SMILES string of the molecule is CCOC(=O)c1cnc(N2CCC3(CC3)C2)nc1NCc1ccc(CO)c(Cl)c1.CCOC(=O)c1cnc(S(C)=O)nc1NCc1ccc(CO)c(Cl)c1. The van der Waals surface area contributed by atoms with E-state index in [-0.39, 0.29) is 43.0 Å². The lowest BCUT2D eigenvalue weighted by atomic mass is 10.1. The first-order valence-corrected chi connectivity index (χ1v) is 19.7. The third-order valence-electron chi connectivity index (χ3n) is 8.96. The van der Waals surface area contributed by atoms with Crippen molar-refractivity contribution < 1.29 is 33.5 Å². The fraction of sp³-hybridized carbons (Fsp3) is 0.405. The number of nitrogens with zero attached hydrogens (tertiary/aromatic N) is 5. The molecule has 0 amide bonds. The summed E-state index contributed by atoms with van der Waals surface area (Å²) in [5, 5.41) is 25.7. The van der Waals surface area contributed by atoms with Crippen molar-refractivity contribution in [1.82, 2.24) is 19.9 Å². The summed E-state index contributed by atoms with van der Waals surface area (Å²) in [7, 11) is -1.38. The maximum Gasteiger partial charge on any atom is 0.343 e. The Balaban J connectivity index is 0.000000210. The number of halogens is 2. The standard InChI is InChI=1S/C21H25ClN4O3.C16H18ClN3O4S/c1-2-29-19(28)16-11-24-20(26-8-7-21(13-26)5-6-21)25-18(16)23-10-14-3-4-15(12-27)17(22)9-14;1-3-24-15(22)12-8-19-16(25(2)23)20-14(12)18-7-10-4-5-11(9-21)13(17)6-10/h3-4,9,11,27H,2,5-8,10,12-13H2,1H3,(H,23,24,25);4-6,8,21H,3,7,9H2,1-2H3,(H,18,19,20). The average molecular weight is 801 g/mol. The van der Waals surface area contributed by atoms with Gasteiger partial charge < -0.3 is 35.2 Å². The second kappa shape index (κ2) is 18.8. The number of rotatable bonds is 14. The summed E-state index contributed by atoms with van der Waals surface area (Å²) in [4.78, 5) is 43.7. The molecule has 2 aliphatic rings. The molecule has 54 heavy (non-hydrogen) atoms. The highest BCUT2D eigenvalue weighted by molar-refractivity contribution is 7.84. The van der Waals surface area contributed by atoms with Crippen LogP contribution in [0.4, 0.5) is 17.6 Å². The number of aromatic nitrogens is 4. The molecular formula is C37H43Cl2N7O7S. The zero-order valence-corrected chi connectivity index (χ0v) is 32.6. The van der Waals surface area contributed by atoms with E-state index in [1.165, 1.54) is 31.7 Å². The Morgan fingerprint density at radius 1 is 0.833 bits per heavy atom. The molecule has 2 fully saturated rings. The first-order chi connectivity index (χ1) is 26.0. The first kappa shape index (κ1) is 40.8. The van der Waals surface area contributed by atoms with Gasteiger partial charge in [0.25, 0.3) is 0 Å². The number of carbonyl (C=O) groups is 2. The molecule has 6 rings (SSSR count). The second-order valence-corrected chi connectivity index (χ2v) is 14.9. The van der Waals surface area contributed by atoms with Gasteiger partial charge in [-0.2, -0.15) is 4.98 Å². The fourth-order valence-corrected chi connectivity index (χ4v) is 6.68. The van der Waals surface area contributed by atoms with Crippen molar-refractivity contribution in [3.8, 4) is 0 Å². The van der Waals surface area contributed by atoms with Crippen LogP contribution in [0.1, 0.15) is 76.1 Å². The van der Waals surface area contributed by atoms with Crippen LogP contribution in [0, 0.1) is 5.41 Å². The van der Waals surface area contributed by atoms with Gasteiger partial charge in [0, 0.05) is 54.9 Å². The highest BCUT2D eigenvalue weighted by atomic mass is 35.5. The molecule has 17 heteroatoms. The van der Waals surface area contributed by atoms with E-state index in [2.05, 4.69) is 35.5 Å². The Morgan fingerprint density at radius 3 is 1.80 bits per heavy atom. The minimum atomic E-state index is -1.38. The molecule has 1 saturated heterocycles. The normalized spacial score (nSPS) is 14.5. The third kappa shape index (κ3) is 10.4. The van der Waals surface area contributed by atoms with Gasteiger partial charge >= 0.3 is 11.9 Å². The Kier molecular flexibility index (Phi) is 14.2. The average Bonchev–Trinajstić information content (AvgIpc) is 3.80. The van der Waals surface area contributed by atoms with Gasteiger partial charge in [-0.25, -0.2) is 24.5 Å². The van der Waals surface area contributed by atoms with Crippen molar-refractivity contribution in [1.29, 1.82) is 0 Å². The molecule has 1 unspecified atom stereocenters. The van der Waals surface area contributed by atoms with Gasteiger partial charge in [0.15, 0.2) is 0 Å². The molecule has 1 aliphatic heterocycles. The van der Waals surface area contributed by atoms with Crippen LogP contribution in [0.25, 0.3) is 0 Å². The molecule has 0 bridgehead atoms. The molecule has 2 aromatic carbocycles. The molecule has 4 aromatic rings. The summed E-state index contributed by atoms with van der Waals surface area (Å²) in [6.07, 6.45) is 8.03. The van der Waals surface area contributed by atoms with E-state index in [4.69, 9.17) is 37.8 Å². The van der Waals surface area contributed by atoms with E-state index >= 15 is 0 Å². The molecule has 288 valence electrons. The van der Waals surface area contributed by atoms with Gasteiger partial charge in [0.2, 0.25) is 11.1 Å². The number of hydrogen-bond donors (Lipinski definition) is 4. The number of nitrogens with one attached hydrogen (secondary N) is 2. The van der Waals surface area contributed by atoms with E-state index in [9.17, 15) is 18.9 Å². The molecular weight excluding hydrogens is 757 g/mol. The van der Waals surface area contributed by atoms with Crippen LogP contribution in [0.5, 0.6) is 0 Å². The van der Waals surface area contributed by atoms with E-state index in [1.807, 2.05) is 6.07 Å². The monoisotopic (exact) mass is 799 g/mol. The van der Waals surface area contributed by atoms with Crippen LogP contribution in [0.15, 0.2) is 53.9 Å². The molecule has 3 heterocycles. The lowest BCUT2D eigenvalue weighted by molar-refractivity contribution is 0.0516. The molecule has 2 aromatic heterocycles. The smallest absolute Gasteiger partial charge is 0.343 e. The highest BCUT2D eigenvalue weighted by Crippen LogP contribution is 2.53. The van der Waals surface area contributed by atoms with E-state index in [0.717, 1.165) is 24.2 Å². The maximum absolute atomic E-state index is 12.4. The largest absolute Gasteiger partial charge is 0.462 e. The van der Waals surface area contributed by atoms with Gasteiger partial charge in [0.1, 0.15) is 22.8 Å². The Hall–Kier alpha value is -4.41. The summed E-state index contributed by atoms with van der Waals surface area (Å²) in [5.41, 5.74) is 3.98. The number of anilines is 3. The van der Waals surface area contributed by atoms with Crippen LogP contribution >= 0.6 is 23.2 Å². The lowest BCUT2D eigenvalue weighted by Crippen LogP contribution is -2.24. The van der Waals surface area contributed by atoms with Gasteiger partial charge in [0.05, 0.1) is 37.2 Å². The molecule has 14 nitrogen and oxygen atoms in total. The van der Waals surface area contributed by atoms with Crippen molar-refractivity contribution in [3.63, 3.8) is 0 Å². The molecule has 4 N–H and O–H groups in total. The fourth-order valence-electron chi connectivity index (χ4n) is 5.74. The van der Waals surface area contributed by atoms with Gasteiger partial charge in [-0.3, -0.25) is 4.21 Å². The van der Waals surface area contributed by atoms with Crippen molar-refractivity contribution in [2.45, 2.75) is 64.6 Å². The minimum Gasteiger partial charge on any atom is -0.462 e. The molecule has 0 radical (unpaired) electrons. The minimum absolute atomic E-state index is 0.105. The predicted octanol–water partition coefficient (Wildman–Crippen LogP) is 5.55. The van der Waals surface area contributed by atoms with Crippen molar-refractivity contribution >= 4 is 63.5 Å². The highest BCUT2D eigenvalue weighted by Gasteiger charge is 2.48. The molecule has 1 spiro atoms. The Bertz CT molecular complexity index is 2000. The second-order valence-electron chi connectivity index (χ2n) is 12.8.